The van der Waals surface area contributed by atoms with Crippen LogP contribution in [0.4, 0.5) is 0 Å². The molecule has 1 fully saturated rings. The van der Waals surface area contributed by atoms with Crippen molar-refractivity contribution in [2.45, 2.75) is 13.2 Å². The van der Waals surface area contributed by atoms with Crippen molar-refractivity contribution in [2.75, 3.05) is 39.4 Å². The zero-order valence-corrected chi connectivity index (χ0v) is 18.5. The van der Waals surface area contributed by atoms with Gasteiger partial charge in [0, 0.05) is 26.2 Å². The molecule has 0 aromatic heterocycles. The normalized spacial score (nSPS) is 13.4. The van der Waals surface area contributed by atoms with Gasteiger partial charge in [-0.2, -0.15) is 0 Å². The monoisotopic (exact) mass is 470 g/mol. The first kappa shape index (κ1) is 24.9. The molecule has 0 spiro atoms. The maximum absolute atomic E-state index is 12.4. The summed E-state index contributed by atoms with van der Waals surface area (Å²) in [4.78, 5) is 51.9. The number of hydrogen-bond acceptors (Lipinski definition) is 8. The molecule has 10 nitrogen and oxygen atoms in total. The summed E-state index contributed by atoms with van der Waals surface area (Å²) >= 11 is 0. The number of aliphatic hydroxyl groups is 2. The van der Waals surface area contributed by atoms with Gasteiger partial charge < -0.3 is 29.5 Å². The molecule has 1 aliphatic heterocycles. The number of piperazine rings is 1. The number of rotatable bonds is 8. The lowest BCUT2D eigenvalue weighted by Gasteiger charge is -2.34. The van der Waals surface area contributed by atoms with Crippen LogP contribution in [0.3, 0.4) is 0 Å². The first-order chi connectivity index (χ1) is 16.4. The van der Waals surface area contributed by atoms with Gasteiger partial charge in [0.05, 0.1) is 24.3 Å². The molecule has 1 heterocycles. The van der Waals surface area contributed by atoms with Crippen molar-refractivity contribution in [3.05, 3.63) is 70.8 Å². The molecule has 34 heavy (non-hydrogen) atoms. The van der Waals surface area contributed by atoms with Gasteiger partial charge in [-0.25, -0.2) is 9.59 Å². The van der Waals surface area contributed by atoms with E-state index < -0.39 is 25.2 Å². The highest BCUT2D eigenvalue weighted by Gasteiger charge is 2.25. The van der Waals surface area contributed by atoms with Crippen molar-refractivity contribution < 1.29 is 38.9 Å². The lowest BCUT2D eigenvalue weighted by atomic mass is 10.1. The standard InChI is InChI=1S/C24H26N2O8/c27-13-17-1-5-19(6-2-17)23(31)33-15-21(29)25-9-11-26(12-10-25)22(30)16-34-24(32)20-7-3-18(14-28)4-8-20/h1-8,27-28H,9-16H2. The molecule has 0 atom stereocenters. The van der Waals surface area contributed by atoms with E-state index in [0.29, 0.717) is 11.1 Å². The summed E-state index contributed by atoms with van der Waals surface area (Å²) in [5.41, 5.74) is 1.87. The van der Waals surface area contributed by atoms with E-state index in [-0.39, 0.29) is 62.3 Å². The molecule has 0 saturated carbocycles. The Kier molecular flexibility index (Phi) is 8.72. The Hall–Kier alpha value is -3.76. The summed E-state index contributed by atoms with van der Waals surface area (Å²) < 4.78 is 10.1. The third kappa shape index (κ3) is 6.63. The Bertz CT molecular complexity index is 929. The Morgan fingerprint density at radius 3 is 1.24 bits per heavy atom. The van der Waals surface area contributed by atoms with E-state index in [1.807, 2.05) is 0 Å². The highest BCUT2D eigenvalue weighted by molar-refractivity contribution is 5.92. The van der Waals surface area contributed by atoms with E-state index in [1.54, 1.807) is 24.3 Å². The second kappa shape index (κ2) is 11.9. The number of amides is 2. The maximum atomic E-state index is 12.4. The number of nitrogens with zero attached hydrogens (tertiary/aromatic N) is 2. The fourth-order valence-electron chi connectivity index (χ4n) is 3.30. The summed E-state index contributed by atoms with van der Waals surface area (Å²) in [7, 11) is 0. The number of ether oxygens (including phenoxy) is 2. The Morgan fingerprint density at radius 2 is 0.941 bits per heavy atom. The van der Waals surface area contributed by atoms with Crippen molar-refractivity contribution in [1.29, 1.82) is 0 Å². The van der Waals surface area contributed by atoms with Crippen molar-refractivity contribution >= 4 is 23.8 Å². The molecule has 2 N–H and O–H groups in total. The van der Waals surface area contributed by atoms with Gasteiger partial charge in [0.25, 0.3) is 11.8 Å². The smallest absolute Gasteiger partial charge is 0.338 e. The van der Waals surface area contributed by atoms with Crippen molar-refractivity contribution in [2.24, 2.45) is 0 Å². The first-order valence-electron chi connectivity index (χ1n) is 10.7. The van der Waals surface area contributed by atoms with E-state index >= 15 is 0 Å². The topological polar surface area (TPSA) is 134 Å². The number of carbonyl (C=O) groups excluding carboxylic acids is 4. The van der Waals surface area contributed by atoms with E-state index in [9.17, 15) is 19.2 Å². The second-order valence-electron chi connectivity index (χ2n) is 7.62. The zero-order valence-electron chi connectivity index (χ0n) is 18.5. The highest BCUT2D eigenvalue weighted by Crippen LogP contribution is 2.09. The van der Waals surface area contributed by atoms with Crippen LogP contribution in [0.15, 0.2) is 48.5 Å². The molecule has 2 amide bonds. The summed E-state index contributed by atoms with van der Waals surface area (Å²) in [5, 5.41) is 18.1. The molecule has 10 heteroatoms. The van der Waals surface area contributed by atoms with E-state index in [4.69, 9.17) is 19.7 Å². The first-order valence-corrected chi connectivity index (χ1v) is 10.7. The fraction of sp³-hybridized carbons (Fsp3) is 0.333. The molecule has 0 bridgehead atoms. The maximum Gasteiger partial charge on any atom is 0.338 e. The van der Waals surface area contributed by atoms with Gasteiger partial charge in [0.1, 0.15) is 0 Å². The van der Waals surface area contributed by atoms with Gasteiger partial charge in [-0.05, 0) is 35.4 Å². The fourth-order valence-corrected chi connectivity index (χ4v) is 3.30. The van der Waals surface area contributed by atoms with Gasteiger partial charge in [-0.3, -0.25) is 9.59 Å². The van der Waals surface area contributed by atoms with Crippen molar-refractivity contribution in [1.82, 2.24) is 9.80 Å². The van der Waals surface area contributed by atoms with Crippen LogP contribution < -0.4 is 0 Å². The number of aliphatic hydroxyl groups excluding tert-OH is 2. The molecule has 0 radical (unpaired) electrons. The second-order valence-corrected chi connectivity index (χ2v) is 7.62. The summed E-state index contributed by atoms with van der Waals surface area (Å²) in [6, 6.07) is 12.4. The summed E-state index contributed by atoms with van der Waals surface area (Å²) in [6.07, 6.45) is 0. The van der Waals surface area contributed by atoms with Crippen LogP contribution in [-0.2, 0) is 32.3 Å². The minimum atomic E-state index is -0.639. The number of benzene rings is 2. The lowest BCUT2D eigenvalue weighted by Crippen LogP contribution is -2.52. The average molecular weight is 470 g/mol. The number of esters is 2. The summed E-state index contributed by atoms with van der Waals surface area (Å²) in [6.45, 7) is -0.0299. The third-order valence-corrected chi connectivity index (χ3v) is 5.38. The van der Waals surface area contributed by atoms with Crippen LogP contribution in [0.2, 0.25) is 0 Å². The molecule has 1 saturated heterocycles. The molecule has 2 aromatic carbocycles. The molecule has 2 aromatic rings. The molecule has 0 unspecified atom stereocenters. The van der Waals surface area contributed by atoms with Crippen LogP contribution in [0.5, 0.6) is 0 Å². The summed E-state index contributed by atoms with van der Waals surface area (Å²) in [5.74, 6) is -2.02. The lowest BCUT2D eigenvalue weighted by molar-refractivity contribution is -0.142. The Balaban J connectivity index is 1.38. The average Bonchev–Trinajstić information content (AvgIpc) is 2.90. The number of hydrogen-bond donors (Lipinski definition) is 2. The Morgan fingerprint density at radius 1 is 0.618 bits per heavy atom. The number of carbonyl (C=O) groups is 4. The largest absolute Gasteiger partial charge is 0.452 e. The van der Waals surface area contributed by atoms with Crippen LogP contribution in [0.25, 0.3) is 0 Å². The predicted molar refractivity (Wildman–Crippen MR) is 118 cm³/mol. The highest BCUT2D eigenvalue weighted by atomic mass is 16.5. The van der Waals surface area contributed by atoms with Crippen LogP contribution in [-0.4, -0.2) is 83.2 Å². The predicted octanol–water partition coefficient (Wildman–Crippen LogP) is 0.356. The zero-order chi connectivity index (χ0) is 24.5. The van der Waals surface area contributed by atoms with Crippen LogP contribution >= 0.6 is 0 Å². The van der Waals surface area contributed by atoms with Gasteiger partial charge in [-0.15, -0.1) is 0 Å². The molecular weight excluding hydrogens is 444 g/mol. The van der Waals surface area contributed by atoms with E-state index in [1.165, 1.54) is 34.1 Å². The van der Waals surface area contributed by atoms with Gasteiger partial charge in [-0.1, -0.05) is 24.3 Å². The third-order valence-electron chi connectivity index (χ3n) is 5.38. The molecule has 3 rings (SSSR count). The molecular formula is C24H26N2O8. The van der Waals surface area contributed by atoms with Crippen LogP contribution in [0, 0.1) is 0 Å². The minimum absolute atomic E-state index is 0.135. The SMILES string of the molecule is O=C(OCC(=O)N1CCN(C(=O)COC(=O)c2ccc(CO)cc2)CC1)c1ccc(CO)cc1. The van der Waals surface area contributed by atoms with Crippen molar-refractivity contribution in [3.8, 4) is 0 Å². The van der Waals surface area contributed by atoms with E-state index in [2.05, 4.69) is 0 Å². The molecule has 180 valence electrons. The van der Waals surface area contributed by atoms with Gasteiger partial charge in [0.2, 0.25) is 0 Å². The quantitative estimate of drug-likeness (QED) is 0.528. The van der Waals surface area contributed by atoms with E-state index in [0.717, 1.165) is 0 Å². The molecule has 0 aliphatic carbocycles. The van der Waals surface area contributed by atoms with Crippen molar-refractivity contribution in [3.63, 3.8) is 0 Å². The molecule has 1 aliphatic rings. The Labute approximate surface area is 196 Å². The minimum Gasteiger partial charge on any atom is -0.452 e. The van der Waals surface area contributed by atoms with Gasteiger partial charge >= 0.3 is 11.9 Å². The van der Waals surface area contributed by atoms with Crippen LogP contribution in [0.1, 0.15) is 31.8 Å². The van der Waals surface area contributed by atoms with Gasteiger partial charge in [0.15, 0.2) is 13.2 Å².